The number of nitrogens with zero attached hydrogens (tertiary/aromatic N) is 2. The predicted octanol–water partition coefficient (Wildman–Crippen LogP) is 2.87. The first-order valence-electron chi connectivity index (χ1n) is 7.24. The van der Waals surface area contributed by atoms with Gasteiger partial charge in [-0.05, 0) is 30.5 Å². The lowest BCUT2D eigenvalue weighted by Gasteiger charge is -2.36. The highest BCUT2D eigenvalue weighted by atomic mass is 79.9. The number of amides is 1. The number of carbonyl (C=O) groups is 1. The first kappa shape index (κ1) is 15.2. The molecule has 0 saturated carbocycles. The zero-order valence-electron chi connectivity index (χ0n) is 12.4. The Morgan fingerprint density at radius 2 is 2.00 bits per heavy atom. The number of carbonyl (C=O) groups excluding carboxylic acids is 1. The molecule has 1 aromatic heterocycles. The van der Waals surface area contributed by atoms with Gasteiger partial charge < -0.3 is 9.30 Å². The molecule has 0 aliphatic carbocycles. The molecule has 2 aromatic rings. The number of benzene rings is 1. The summed E-state index contributed by atoms with van der Waals surface area (Å²) in [4.78, 5) is 17.2. The van der Waals surface area contributed by atoms with E-state index in [9.17, 15) is 4.79 Å². The van der Waals surface area contributed by atoms with Crippen molar-refractivity contribution in [2.75, 3.05) is 18.5 Å². The highest BCUT2D eigenvalue weighted by molar-refractivity contribution is 9.10. The number of rotatable bonds is 3. The molecule has 5 nitrogen and oxygen atoms in total. The van der Waals surface area contributed by atoms with E-state index in [4.69, 9.17) is 4.74 Å². The molecular formula is C16H18BrN3O2. The molecule has 1 saturated heterocycles. The van der Waals surface area contributed by atoms with Crippen LogP contribution in [0.4, 0.5) is 5.95 Å². The molecule has 1 aliphatic heterocycles. The van der Waals surface area contributed by atoms with Gasteiger partial charge in [-0.3, -0.25) is 10.1 Å². The van der Waals surface area contributed by atoms with Crippen molar-refractivity contribution >= 4 is 27.8 Å². The van der Waals surface area contributed by atoms with Gasteiger partial charge in [0.2, 0.25) is 11.9 Å². The summed E-state index contributed by atoms with van der Waals surface area (Å²) in [5, 5.41) is 2.96. The van der Waals surface area contributed by atoms with Crippen LogP contribution in [0.1, 0.15) is 18.4 Å². The van der Waals surface area contributed by atoms with Gasteiger partial charge in [0.25, 0.3) is 0 Å². The summed E-state index contributed by atoms with van der Waals surface area (Å²) < 4.78 is 8.27. The van der Waals surface area contributed by atoms with E-state index in [1.165, 1.54) is 0 Å². The van der Waals surface area contributed by atoms with Gasteiger partial charge in [0.15, 0.2) is 0 Å². The third-order valence-electron chi connectivity index (χ3n) is 4.22. The van der Waals surface area contributed by atoms with Gasteiger partial charge in [0.1, 0.15) is 0 Å². The van der Waals surface area contributed by atoms with E-state index in [1.54, 1.807) is 10.8 Å². The van der Waals surface area contributed by atoms with E-state index in [0.29, 0.717) is 32.0 Å². The van der Waals surface area contributed by atoms with E-state index >= 15 is 0 Å². The Labute approximate surface area is 137 Å². The Bertz CT molecular complexity index is 660. The van der Waals surface area contributed by atoms with Crippen LogP contribution < -0.4 is 5.32 Å². The number of nitrogens with one attached hydrogen (secondary N) is 1. The number of hydrogen-bond acceptors (Lipinski definition) is 3. The van der Waals surface area contributed by atoms with Crippen molar-refractivity contribution in [1.29, 1.82) is 0 Å². The van der Waals surface area contributed by atoms with Gasteiger partial charge >= 0.3 is 0 Å². The number of anilines is 1. The summed E-state index contributed by atoms with van der Waals surface area (Å²) >= 11 is 3.44. The lowest BCUT2D eigenvalue weighted by molar-refractivity contribution is -0.125. The predicted molar refractivity (Wildman–Crippen MR) is 87.7 cm³/mol. The molecule has 3 rings (SSSR count). The summed E-state index contributed by atoms with van der Waals surface area (Å²) in [5.41, 5.74) is 0.455. The summed E-state index contributed by atoms with van der Waals surface area (Å²) in [6.45, 7) is 1.17. The maximum atomic E-state index is 13.0. The fourth-order valence-electron chi connectivity index (χ4n) is 2.84. The zero-order chi connectivity index (χ0) is 15.6. The van der Waals surface area contributed by atoms with Crippen molar-refractivity contribution in [3.8, 4) is 0 Å². The third-order valence-corrected chi connectivity index (χ3v) is 4.75. The zero-order valence-corrected chi connectivity index (χ0v) is 14.0. The van der Waals surface area contributed by atoms with Crippen LogP contribution in [0.15, 0.2) is 41.1 Å². The summed E-state index contributed by atoms with van der Waals surface area (Å²) in [6, 6.07) is 7.96. The first-order valence-corrected chi connectivity index (χ1v) is 8.04. The number of hydrogen-bond donors (Lipinski definition) is 1. The highest BCUT2D eigenvalue weighted by Crippen LogP contribution is 2.36. The molecule has 116 valence electrons. The van der Waals surface area contributed by atoms with Crippen LogP contribution in [-0.2, 0) is 22.0 Å². The Morgan fingerprint density at radius 3 is 2.59 bits per heavy atom. The molecule has 22 heavy (non-hydrogen) atoms. The summed E-state index contributed by atoms with van der Waals surface area (Å²) in [5.74, 6) is 0.542. The molecule has 0 radical (unpaired) electrons. The molecule has 6 heteroatoms. The van der Waals surface area contributed by atoms with Crippen LogP contribution in [-0.4, -0.2) is 28.7 Å². The van der Waals surface area contributed by atoms with Crippen molar-refractivity contribution in [2.45, 2.75) is 18.3 Å². The molecule has 1 aliphatic rings. The van der Waals surface area contributed by atoms with Gasteiger partial charge in [0, 0.05) is 37.1 Å². The number of imidazole rings is 1. The number of aryl methyl sites for hydroxylation is 1. The number of ether oxygens (including phenoxy) is 1. The van der Waals surface area contributed by atoms with Gasteiger partial charge in [-0.25, -0.2) is 4.98 Å². The normalized spacial score (nSPS) is 17.2. The molecule has 1 fully saturated rings. The van der Waals surface area contributed by atoms with Crippen molar-refractivity contribution in [2.24, 2.45) is 7.05 Å². The van der Waals surface area contributed by atoms with Crippen molar-refractivity contribution in [1.82, 2.24) is 9.55 Å². The Kier molecular flexibility index (Phi) is 4.31. The SMILES string of the molecule is Cn1ccnc1NC(=O)C1(c2ccc(Br)cc2)CCOCC1. The van der Waals surface area contributed by atoms with Crippen molar-refractivity contribution in [3.05, 3.63) is 46.7 Å². The fraction of sp³-hybridized carbons (Fsp3) is 0.375. The minimum absolute atomic E-state index is 0.0209. The van der Waals surface area contributed by atoms with Crippen molar-refractivity contribution in [3.63, 3.8) is 0 Å². The maximum Gasteiger partial charge on any atom is 0.237 e. The van der Waals surface area contributed by atoms with Crippen LogP contribution in [0, 0.1) is 0 Å². The minimum Gasteiger partial charge on any atom is -0.381 e. The monoisotopic (exact) mass is 363 g/mol. The van der Waals surface area contributed by atoms with E-state index in [1.807, 2.05) is 37.5 Å². The lowest BCUT2D eigenvalue weighted by Crippen LogP contribution is -2.45. The van der Waals surface area contributed by atoms with Gasteiger partial charge in [-0.15, -0.1) is 0 Å². The second-order valence-corrected chi connectivity index (χ2v) is 6.43. The summed E-state index contributed by atoms with van der Waals surface area (Å²) in [7, 11) is 1.86. The van der Waals surface area contributed by atoms with Crippen LogP contribution >= 0.6 is 15.9 Å². The molecule has 0 spiro atoms. The lowest BCUT2D eigenvalue weighted by atomic mass is 9.73. The number of aromatic nitrogens is 2. The molecule has 1 amide bonds. The topological polar surface area (TPSA) is 56.2 Å². The molecule has 1 aromatic carbocycles. The fourth-order valence-corrected chi connectivity index (χ4v) is 3.11. The molecule has 0 atom stereocenters. The molecular weight excluding hydrogens is 346 g/mol. The molecule has 2 heterocycles. The van der Waals surface area contributed by atoms with E-state index in [0.717, 1.165) is 10.0 Å². The molecule has 1 N–H and O–H groups in total. The molecule has 0 unspecified atom stereocenters. The maximum absolute atomic E-state index is 13.0. The second kappa shape index (κ2) is 6.22. The van der Waals surface area contributed by atoms with E-state index < -0.39 is 5.41 Å². The van der Waals surface area contributed by atoms with Crippen LogP contribution in [0.3, 0.4) is 0 Å². The Morgan fingerprint density at radius 1 is 1.32 bits per heavy atom. The first-order chi connectivity index (χ1) is 10.6. The van der Waals surface area contributed by atoms with E-state index in [2.05, 4.69) is 26.2 Å². The molecule has 0 bridgehead atoms. The summed E-state index contributed by atoms with van der Waals surface area (Å²) in [6.07, 6.45) is 4.83. The van der Waals surface area contributed by atoms with Crippen LogP contribution in [0.25, 0.3) is 0 Å². The van der Waals surface area contributed by atoms with Gasteiger partial charge in [0.05, 0.1) is 5.41 Å². The smallest absolute Gasteiger partial charge is 0.237 e. The standard InChI is InChI=1S/C16H18BrN3O2/c1-20-9-8-18-15(20)19-14(21)16(6-10-22-11-7-16)12-2-4-13(17)5-3-12/h2-5,8-9H,6-7,10-11H2,1H3,(H,18,19,21). The average molecular weight is 364 g/mol. The van der Waals surface area contributed by atoms with Gasteiger partial charge in [-0.2, -0.15) is 0 Å². The third kappa shape index (κ3) is 2.80. The van der Waals surface area contributed by atoms with Crippen LogP contribution in [0.2, 0.25) is 0 Å². The second-order valence-electron chi connectivity index (χ2n) is 5.52. The van der Waals surface area contributed by atoms with Crippen LogP contribution in [0.5, 0.6) is 0 Å². The minimum atomic E-state index is -0.565. The largest absolute Gasteiger partial charge is 0.381 e. The quantitative estimate of drug-likeness (QED) is 0.911. The Hall–Kier alpha value is -1.66. The highest BCUT2D eigenvalue weighted by Gasteiger charge is 2.42. The van der Waals surface area contributed by atoms with Gasteiger partial charge in [-0.1, -0.05) is 28.1 Å². The Balaban J connectivity index is 1.93. The number of halogens is 1. The van der Waals surface area contributed by atoms with Crippen molar-refractivity contribution < 1.29 is 9.53 Å². The average Bonchev–Trinajstić information content (AvgIpc) is 2.94. The van der Waals surface area contributed by atoms with E-state index in [-0.39, 0.29) is 5.91 Å².